The molecule has 1 atom stereocenters. The highest BCUT2D eigenvalue weighted by Gasteiger charge is 2.22. The summed E-state index contributed by atoms with van der Waals surface area (Å²) < 4.78 is 5.86. The molecule has 1 heterocycles. The lowest BCUT2D eigenvalue weighted by molar-refractivity contribution is 0.350. The molecular weight excluding hydrogens is 246 g/mol. The monoisotopic (exact) mass is 267 g/mol. The van der Waals surface area contributed by atoms with E-state index in [9.17, 15) is 0 Å². The zero-order valence-corrected chi connectivity index (χ0v) is 12.1. The summed E-state index contributed by atoms with van der Waals surface area (Å²) in [5.41, 5.74) is 5.17. The Morgan fingerprint density at radius 3 is 2.70 bits per heavy atom. The molecule has 1 unspecified atom stereocenters. The molecule has 2 nitrogen and oxygen atoms in total. The quantitative estimate of drug-likeness (QED) is 0.913. The molecule has 3 rings (SSSR count). The van der Waals surface area contributed by atoms with E-state index in [4.69, 9.17) is 4.74 Å². The Balaban J connectivity index is 2.03. The van der Waals surface area contributed by atoms with Gasteiger partial charge in [-0.2, -0.15) is 0 Å². The number of ether oxygens (including phenoxy) is 1. The lowest BCUT2D eigenvalue weighted by Gasteiger charge is -2.21. The fourth-order valence-corrected chi connectivity index (χ4v) is 2.84. The van der Waals surface area contributed by atoms with E-state index >= 15 is 0 Å². The van der Waals surface area contributed by atoms with Crippen LogP contribution in [-0.2, 0) is 6.42 Å². The van der Waals surface area contributed by atoms with Crippen molar-refractivity contribution in [1.29, 1.82) is 0 Å². The molecule has 2 aromatic rings. The third-order valence-corrected chi connectivity index (χ3v) is 3.87. The maximum Gasteiger partial charge on any atom is 0.127 e. The first-order valence-electron chi connectivity index (χ1n) is 7.34. The van der Waals surface area contributed by atoms with Gasteiger partial charge in [0, 0.05) is 12.0 Å². The van der Waals surface area contributed by atoms with Gasteiger partial charge in [-0.05, 0) is 24.6 Å². The molecule has 104 valence electrons. The maximum absolute atomic E-state index is 5.86. The van der Waals surface area contributed by atoms with Gasteiger partial charge in [0.15, 0.2) is 0 Å². The molecule has 0 aromatic heterocycles. The number of nitrogens with one attached hydrogen (secondary N) is 1. The van der Waals surface area contributed by atoms with E-state index in [-0.39, 0.29) is 6.04 Å². The SMILES string of the molecule is CCNC(c1ccc(C)cc1)c1cccc2c1OCC2. The highest BCUT2D eigenvalue weighted by atomic mass is 16.5. The first-order chi connectivity index (χ1) is 9.79. The third kappa shape index (κ3) is 2.44. The molecule has 0 aliphatic carbocycles. The largest absolute Gasteiger partial charge is 0.493 e. The summed E-state index contributed by atoms with van der Waals surface area (Å²) >= 11 is 0. The number of aryl methyl sites for hydroxylation is 1. The Kier molecular flexibility index (Phi) is 3.75. The van der Waals surface area contributed by atoms with Crippen LogP contribution in [0.25, 0.3) is 0 Å². The lowest BCUT2D eigenvalue weighted by Crippen LogP contribution is -2.22. The number of benzene rings is 2. The van der Waals surface area contributed by atoms with Gasteiger partial charge in [-0.25, -0.2) is 0 Å². The van der Waals surface area contributed by atoms with Gasteiger partial charge in [0.2, 0.25) is 0 Å². The third-order valence-electron chi connectivity index (χ3n) is 3.87. The second kappa shape index (κ2) is 5.68. The van der Waals surface area contributed by atoms with Crippen molar-refractivity contribution >= 4 is 0 Å². The van der Waals surface area contributed by atoms with Crippen LogP contribution in [0.4, 0.5) is 0 Å². The molecule has 2 aromatic carbocycles. The first kappa shape index (κ1) is 13.2. The van der Waals surface area contributed by atoms with Crippen LogP contribution in [0.5, 0.6) is 5.75 Å². The van der Waals surface area contributed by atoms with Crippen molar-refractivity contribution in [1.82, 2.24) is 5.32 Å². The van der Waals surface area contributed by atoms with Crippen molar-refractivity contribution in [3.05, 3.63) is 64.7 Å². The summed E-state index contributed by atoms with van der Waals surface area (Å²) in [6.45, 7) is 6.00. The Labute approximate surface area is 120 Å². The van der Waals surface area contributed by atoms with Crippen LogP contribution < -0.4 is 10.1 Å². The molecule has 0 spiro atoms. The fourth-order valence-electron chi connectivity index (χ4n) is 2.84. The van der Waals surface area contributed by atoms with Crippen molar-refractivity contribution in [2.45, 2.75) is 26.3 Å². The molecule has 0 radical (unpaired) electrons. The lowest BCUT2D eigenvalue weighted by atomic mass is 9.95. The van der Waals surface area contributed by atoms with Crippen molar-refractivity contribution in [2.75, 3.05) is 13.2 Å². The van der Waals surface area contributed by atoms with Crippen LogP contribution in [0, 0.1) is 6.92 Å². The molecule has 0 amide bonds. The molecule has 1 aliphatic rings. The highest BCUT2D eigenvalue weighted by Crippen LogP contribution is 2.36. The summed E-state index contributed by atoms with van der Waals surface area (Å²) in [4.78, 5) is 0. The van der Waals surface area contributed by atoms with Crippen LogP contribution in [-0.4, -0.2) is 13.2 Å². The first-order valence-corrected chi connectivity index (χ1v) is 7.34. The predicted molar refractivity (Wildman–Crippen MR) is 82.3 cm³/mol. The summed E-state index contributed by atoms with van der Waals surface area (Å²) in [5.74, 6) is 1.08. The zero-order valence-electron chi connectivity index (χ0n) is 12.1. The summed E-state index contributed by atoms with van der Waals surface area (Å²) in [7, 11) is 0. The zero-order chi connectivity index (χ0) is 13.9. The molecule has 20 heavy (non-hydrogen) atoms. The summed E-state index contributed by atoms with van der Waals surface area (Å²) in [6.07, 6.45) is 1.02. The minimum absolute atomic E-state index is 0.202. The number of hydrogen-bond donors (Lipinski definition) is 1. The second-order valence-corrected chi connectivity index (χ2v) is 5.34. The predicted octanol–water partition coefficient (Wildman–Crippen LogP) is 3.63. The van der Waals surface area contributed by atoms with Crippen molar-refractivity contribution in [2.24, 2.45) is 0 Å². The Morgan fingerprint density at radius 1 is 1.15 bits per heavy atom. The van der Waals surface area contributed by atoms with Crippen LogP contribution in [0.3, 0.4) is 0 Å². The van der Waals surface area contributed by atoms with Gasteiger partial charge in [-0.1, -0.05) is 55.0 Å². The average molecular weight is 267 g/mol. The number of rotatable bonds is 4. The van der Waals surface area contributed by atoms with E-state index in [0.717, 1.165) is 25.3 Å². The smallest absolute Gasteiger partial charge is 0.127 e. The van der Waals surface area contributed by atoms with Gasteiger partial charge in [-0.15, -0.1) is 0 Å². The molecule has 2 heteroatoms. The van der Waals surface area contributed by atoms with E-state index in [1.54, 1.807) is 0 Å². The van der Waals surface area contributed by atoms with Crippen LogP contribution in [0.15, 0.2) is 42.5 Å². The van der Waals surface area contributed by atoms with E-state index < -0.39 is 0 Å². The van der Waals surface area contributed by atoms with Gasteiger partial charge >= 0.3 is 0 Å². The number of hydrogen-bond acceptors (Lipinski definition) is 2. The van der Waals surface area contributed by atoms with Crippen LogP contribution in [0.1, 0.15) is 35.2 Å². The van der Waals surface area contributed by atoms with E-state index in [2.05, 4.69) is 61.6 Å². The standard InChI is InChI=1S/C18H21NO/c1-3-19-17(14-9-7-13(2)8-10-14)16-6-4-5-15-11-12-20-18(15)16/h4-10,17,19H,3,11-12H2,1-2H3. The minimum Gasteiger partial charge on any atom is -0.493 e. The van der Waals surface area contributed by atoms with Crippen molar-refractivity contribution < 1.29 is 4.74 Å². The molecule has 1 N–H and O–H groups in total. The number of fused-ring (bicyclic) bond motifs is 1. The average Bonchev–Trinajstić information content (AvgIpc) is 2.94. The molecule has 0 fully saturated rings. The van der Waals surface area contributed by atoms with Crippen molar-refractivity contribution in [3.63, 3.8) is 0 Å². The van der Waals surface area contributed by atoms with Gasteiger partial charge < -0.3 is 10.1 Å². The minimum atomic E-state index is 0.202. The highest BCUT2D eigenvalue weighted by molar-refractivity contribution is 5.48. The van der Waals surface area contributed by atoms with Gasteiger partial charge in [0.1, 0.15) is 5.75 Å². The molecule has 0 saturated heterocycles. The summed E-state index contributed by atoms with van der Waals surface area (Å²) in [6, 6.07) is 15.4. The van der Waals surface area contributed by atoms with Crippen molar-refractivity contribution in [3.8, 4) is 5.75 Å². The molecular formula is C18H21NO. The fraction of sp³-hybridized carbons (Fsp3) is 0.333. The van der Waals surface area contributed by atoms with Crippen LogP contribution >= 0.6 is 0 Å². The molecule has 0 bridgehead atoms. The van der Waals surface area contributed by atoms with Gasteiger partial charge in [0.25, 0.3) is 0 Å². The normalized spacial score (nSPS) is 14.7. The molecule has 0 saturated carbocycles. The summed E-state index contributed by atoms with van der Waals surface area (Å²) in [5, 5.41) is 3.58. The van der Waals surface area contributed by atoms with E-state index in [0.29, 0.717) is 0 Å². The second-order valence-electron chi connectivity index (χ2n) is 5.34. The Morgan fingerprint density at radius 2 is 1.95 bits per heavy atom. The Bertz CT molecular complexity index is 589. The van der Waals surface area contributed by atoms with Crippen LogP contribution in [0.2, 0.25) is 0 Å². The topological polar surface area (TPSA) is 21.3 Å². The Hall–Kier alpha value is -1.80. The van der Waals surface area contributed by atoms with Gasteiger partial charge in [0.05, 0.1) is 12.6 Å². The maximum atomic E-state index is 5.86. The van der Waals surface area contributed by atoms with Gasteiger partial charge in [-0.3, -0.25) is 0 Å². The molecule has 1 aliphatic heterocycles. The number of para-hydroxylation sites is 1. The van der Waals surface area contributed by atoms with E-state index in [1.807, 2.05) is 0 Å². The van der Waals surface area contributed by atoms with E-state index in [1.165, 1.54) is 22.3 Å².